The zero-order valence-electron chi connectivity index (χ0n) is 17.5. The molecule has 0 radical (unpaired) electrons. The van der Waals surface area contributed by atoms with Crippen LogP contribution < -0.4 is 0 Å². The van der Waals surface area contributed by atoms with E-state index >= 15 is 0 Å². The average molecular weight is 442 g/mol. The van der Waals surface area contributed by atoms with Crippen LogP contribution in [0.15, 0.2) is 0 Å². The SMILES string of the molecule is CC(CSC(=O)C1CCCCC1)C(=O)N1CC(SC2CCCCC2)CC1C(=O)O. The van der Waals surface area contributed by atoms with Crippen LogP contribution in [0.3, 0.4) is 0 Å². The monoisotopic (exact) mass is 441 g/mol. The summed E-state index contributed by atoms with van der Waals surface area (Å²) in [7, 11) is 0. The maximum atomic E-state index is 13.0. The molecule has 3 unspecified atom stereocenters. The van der Waals surface area contributed by atoms with Gasteiger partial charge in [0.1, 0.15) is 6.04 Å². The molecule has 1 saturated heterocycles. The third kappa shape index (κ3) is 6.39. The van der Waals surface area contributed by atoms with E-state index in [1.165, 1.54) is 50.3 Å². The number of amides is 1. The molecule has 7 heteroatoms. The lowest BCUT2D eigenvalue weighted by atomic mass is 9.90. The highest BCUT2D eigenvalue weighted by Crippen LogP contribution is 2.37. The molecular weight excluding hydrogens is 406 g/mol. The van der Waals surface area contributed by atoms with E-state index in [0.717, 1.165) is 25.7 Å². The molecule has 5 nitrogen and oxygen atoms in total. The second-order valence-corrected chi connectivity index (χ2v) is 11.6. The van der Waals surface area contributed by atoms with Crippen molar-refractivity contribution in [3.63, 3.8) is 0 Å². The van der Waals surface area contributed by atoms with Gasteiger partial charge in [-0.15, -0.1) is 0 Å². The molecule has 164 valence electrons. The van der Waals surface area contributed by atoms with Crippen molar-refractivity contribution in [3.05, 3.63) is 0 Å². The number of hydrogen-bond donors (Lipinski definition) is 1. The summed E-state index contributed by atoms with van der Waals surface area (Å²) in [5.74, 6) is -0.729. The summed E-state index contributed by atoms with van der Waals surface area (Å²) in [4.78, 5) is 38.8. The van der Waals surface area contributed by atoms with E-state index < -0.39 is 12.0 Å². The molecule has 0 aromatic heterocycles. The number of nitrogens with zero attached hydrogens (tertiary/aromatic N) is 1. The standard InChI is InChI=1S/C22H35NO4S2/c1-15(14-28-22(27)16-8-4-2-5-9-16)20(24)23-13-18(12-19(23)21(25)26)29-17-10-6-3-7-11-17/h15-19H,2-14H2,1H3,(H,25,26). The number of hydrogen-bond acceptors (Lipinski definition) is 5. The van der Waals surface area contributed by atoms with Crippen molar-refractivity contribution in [2.75, 3.05) is 12.3 Å². The first-order chi connectivity index (χ1) is 14.0. The fourth-order valence-electron chi connectivity index (χ4n) is 4.86. The van der Waals surface area contributed by atoms with E-state index in [9.17, 15) is 19.5 Å². The minimum atomic E-state index is -0.900. The molecule has 0 spiro atoms. The molecule has 1 heterocycles. The molecule has 3 rings (SSSR count). The van der Waals surface area contributed by atoms with E-state index in [-0.39, 0.29) is 28.1 Å². The number of carbonyl (C=O) groups is 3. The molecule has 1 aliphatic heterocycles. The highest BCUT2D eigenvalue weighted by Gasteiger charge is 2.42. The van der Waals surface area contributed by atoms with Crippen molar-refractivity contribution in [2.24, 2.45) is 11.8 Å². The molecule has 2 saturated carbocycles. The van der Waals surface area contributed by atoms with Crippen LogP contribution in [0.4, 0.5) is 0 Å². The maximum Gasteiger partial charge on any atom is 0.326 e. The van der Waals surface area contributed by atoms with E-state index in [4.69, 9.17) is 0 Å². The Morgan fingerprint density at radius 2 is 1.59 bits per heavy atom. The minimum Gasteiger partial charge on any atom is -0.480 e. The predicted molar refractivity (Wildman–Crippen MR) is 119 cm³/mol. The largest absolute Gasteiger partial charge is 0.480 e. The zero-order chi connectivity index (χ0) is 20.8. The molecule has 0 bridgehead atoms. The molecular formula is C22H35NO4S2. The molecule has 1 N–H and O–H groups in total. The highest BCUT2D eigenvalue weighted by atomic mass is 32.2. The third-order valence-corrected chi connectivity index (χ3v) is 9.47. The van der Waals surface area contributed by atoms with E-state index in [1.807, 2.05) is 18.7 Å². The maximum absolute atomic E-state index is 13.0. The van der Waals surface area contributed by atoms with Crippen LogP contribution in [0.5, 0.6) is 0 Å². The van der Waals surface area contributed by atoms with Crippen molar-refractivity contribution in [3.8, 4) is 0 Å². The number of carboxylic acids is 1. The van der Waals surface area contributed by atoms with Crippen LogP contribution in [0.25, 0.3) is 0 Å². The van der Waals surface area contributed by atoms with Crippen LogP contribution in [-0.4, -0.2) is 55.8 Å². The zero-order valence-corrected chi connectivity index (χ0v) is 19.1. The predicted octanol–water partition coefficient (Wildman–Crippen LogP) is 4.58. The topological polar surface area (TPSA) is 74.7 Å². The lowest BCUT2D eigenvalue weighted by Crippen LogP contribution is -2.43. The Hall–Kier alpha value is -0.690. The molecule has 3 atom stereocenters. The summed E-state index contributed by atoms with van der Waals surface area (Å²) in [6.45, 7) is 2.37. The van der Waals surface area contributed by atoms with Gasteiger partial charge in [-0.2, -0.15) is 11.8 Å². The molecule has 0 aromatic rings. The van der Waals surface area contributed by atoms with Gasteiger partial charge < -0.3 is 10.0 Å². The van der Waals surface area contributed by atoms with E-state index in [0.29, 0.717) is 24.0 Å². The van der Waals surface area contributed by atoms with Crippen molar-refractivity contribution in [1.82, 2.24) is 4.90 Å². The first-order valence-electron chi connectivity index (χ1n) is 11.3. The van der Waals surface area contributed by atoms with Gasteiger partial charge in [-0.05, 0) is 32.1 Å². The van der Waals surface area contributed by atoms with Crippen molar-refractivity contribution >= 4 is 40.5 Å². The number of thioether (sulfide) groups is 2. The van der Waals surface area contributed by atoms with Crippen LogP contribution in [-0.2, 0) is 14.4 Å². The number of aliphatic carboxylic acids is 1. The van der Waals surface area contributed by atoms with Gasteiger partial charge in [-0.25, -0.2) is 4.79 Å². The van der Waals surface area contributed by atoms with Gasteiger partial charge in [0.05, 0.1) is 0 Å². The Morgan fingerprint density at radius 1 is 0.966 bits per heavy atom. The minimum absolute atomic E-state index is 0.104. The number of likely N-dealkylation sites (tertiary alicyclic amines) is 1. The summed E-state index contributed by atoms with van der Waals surface area (Å²) < 4.78 is 0. The Morgan fingerprint density at radius 3 is 2.21 bits per heavy atom. The molecule has 2 aliphatic carbocycles. The summed E-state index contributed by atoms with van der Waals surface area (Å²) >= 11 is 3.18. The molecule has 3 aliphatic rings. The van der Waals surface area contributed by atoms with E-state index in [1.54, 1.807) is 4.90 Å². The number of carboxylic acid groups (broad SMARTS) is 1. The summed E-state index contributed by atoms with van der Waals surface area (Å²) in [5, 5.41) is 10.7. The van der Waals surface area contributed by atoms with Crippen LogP contribution in [0, 0.1) is 11.8 Å². The van der Waals surface area contributed by atoms with Gasteiger partial charge in [-0.1, -0.05) is 57.2 Å². The van der Waals surface area contributed by atoms with Crippen molar-refractivity contribution < 1.29 is 19.5 Å². The lowest BCUT2D eigenvalue weighted by molar-refractivity contribution is -0.149. The van der Waals surface area contributed by atoms with Crippen LogP contribution in [0.2, 0.25) is 0 Å². The van der Waals surface area contributed by atoms with Crippen molar-refractivity contribution in [2.45, 2.75) is 94.1 Å². The normalized spacial score (nSPS) is 27.7. The van der Waals surface area contributed by atoms with Crippen LogP contribution >= 0.6 is 23.5 Å². The second-order valence-electron chi connectivity index (χ2n) is 8.96. The van der Waals surface area contributed by atoms with Gasteiger partial charge in [0.2, 0.25) is 5.91 Å². The highest BCUT2D eigenvalue weighted by molar-refractivity contribution is 8.13. The molecule has 1 amide bonds. The summed E-state index contributed by atoms with van der Waals surface area (Å²) in [6.07, 6.45) is 12.2. The first kappa shape index (κ1) is 23.0. The van der Waals surface area contributed by atoms with Crippen LogP contribution in [0.1, 0.15) is 77.6 Å². The first-order valence-corrected chi connectivity index (χ1v) is 13.2. The van der Waals surface area contributed by atoms with Crippen molar-refractivity contribution in [1.29, 1.82) is 0 Å². The van der Waals surface area contributed by atoms with Gasteiger partial charge in [0.25, 0.3) is 0 Å². The lowest BCUT2D eigenvalue weighted by Gasteiger charge is -2.26. The average Bonchev–Trinajstić information content (AvgIpc) is 3.16. The molecule has 29 heavy (non-hydrogen) atoms. The summed E-state index contributed by atoms with van der Waals surface area (Å²) in [5.41, 5.74) is 0. The quantitative estimate of drug-likeness (QED) is 0.623. The second kappa shape index (κ2) is 11.1. The van der Waals surface area contributed by atoms with E-state index in [2.05, 4.69) is 0 Å². The Kier molecular flexibility index (Phi) is 8.78. The van der Waals surface area contributed by atoms with Gasteiger partial charge >= 0.3 is 5.97 Å². The Bertz CT molecular complexity index is 587. The van der Waals surface area contributed by atoms with Gasteiger partial charge in [-0.3, -0.25) is 9.59 Å². The fraction of sp³-hybridized carbons (Fsp3) is 0.864. The third-order valence-electron chi connectivity index (χ3n) is 6.60. The number of rotatable bonds is 7. The van der Waals surface area contributed by atoms with Gasteiger partial charge in [0, 0.05) is 34.6 Å². The Labute approximate surface area is 183 Å². The number of carbonyl (C=O) groups excluding carboxylic acids is 2. The smallest absolute Gasteiger partial charge is 0.326 e. The summed E-state index contributed by atoms with van der Waals surface area (Å²) in [6, 6.07) is -0.718. The fourth-order valence-corrected chi connectivity index (χ4v) is 7.58. The molecule has 0 aromatic carbocycles. The molecule has 3 fully saturated rings. The van der Waals surface area contributed by atoms with Gasteiger partial charge in [0.15, 0.2) is 5.12 Å². The Balaban J connectivity index is 1.51.